The lowest BCUT2D eigenvalue weighted by atomic mass is 10.1. The van der Waals surface area contributed by atoms with Crippen molar-refractivity contribution in [2.24, 2.45) is 5.10 Å². The van der Waals surface area contributed by atoms with Crippen molar-refractivity contribution in [3.05, 3.63) is 111 Å². The number of hydrazone groups is 1. The van der Waals surface area contributed by atoms with Crippen molar-refractivity contribution in [3.8, 4) is 11.5 Å². The highest BCUT2D eigenvalue weighted by Gasteiger charge is 2.41. The van der Waals surface area contributed by atoms with E-state index in [4.69, 9.17) is 54.1 Å². The first-order valence-corrected chi connectivity index (χ1v) is 16.2. The van der Waals surface area contributed by atoms with Crippen LogP contribution in [-0.2, 0) is 16.1 Å². The number of benzene rings is 4. The fraction of sp³-hybridized carbons (Fsp3) is 0.257. The van der Waals surface area contributed by atoms with E-state index in [1.165, 1.54) is 6.92 Å². The summed E-state index contributed by atoms with van der Waals surface area (Å²) in [4.78, 5) is 17.4. The van der Waals surface area contributed by atoms with Crippen LogP contribution in [0.25, 0.3) is 0 Å². The molecule has 0 spiro atoms. The zero-order chi connectivity index (χ0) is 32.2. The molecule has 4 aromatic rings. The number of hydrogen-bond donors (Lipinski definition) is 0. The van der Waals surface area contributed by atoms with E-state index < -0.39 is 6.17 Å². The Morgan fingerprint density at radius 1 is 0.891 bits per heavy atom. The summed E-state index contributed by atoms with van der Waals surface area (Å²) in [5.74, 6) is 1.11. The standard InChI is InChI=1S/C35H33Cl3N4O4/c1-3-45-32-11-7-10-28(33(32)46-22-24-12-13-25(36)20-29(24)37)35-41(34(23(2)43)39-42(35)26-8-5-4-6-9-26)27-14-15-31(30(38)21-27)40-16-18-44-19-17-40/h4-15,20-21,35H,3,16-19,22H2,1-2H3/t35-/m1/s1. The highest BCUT2D eigenvalue weighted by atomic mass is 35.5. The number of para-hydroxylation sites is 2. The van der Waals surface area contributed by atoms with E-state index in [0.29, 0.717) is 52.1 Å². The van der Waals surface area contributed by atoms with Gasteiger partial charge in [0.2, 0.25) is 0 Å². The summed E-state index contributed by atoms with van der Waals surface area (Å²) in [6.45, 7) is 6.78. The zero-order valence-corrected chi connectivity index (χ0v) is 27.7. The largest absolute Gasteiger partial charge is 0.490 e. The Kier molecular flexibility index (Phi) is 9.89. The van der Waals surface area contributed by atoms with Gasteiger partial charge in [-0.3, -0.25) is 9.69 Å². The third-order valence-corrected chi connectivity index (χ3v) is 8.67. The monoisotopic (exact) mass is 678 g/mol. The number of morpholine rings is 1. The van der Waals surface area contributed by atoms with Gasteiger partial charge in [-0.1, -0.05) is 71.2 Å². The molecule has 4 aromatic carbocycles. The lowest BCUT2D eigenvalue weighted by Gasteiger charge is -2.34. The molecule has 238 valence electrons. The first-order valence-electron chi connectivity index (χ1n) is 15.0. The molecule has 0 N–H and O–H groups in total. The SMILES string of the molecule is CCOc1cccc([C@H]2N(c3ccccc3)N=C(C(C)=O)N2c2ccc(N3CCOCC3)c(Cl)c2)c1OCc1ccc(Cl)cc1Cl. The van der Waals surface area contributed by atoms with Crippen molar-refractivity contribution < 1.29 is 19.0 Å². The quantitative estimate of drug-likeness (QED) is 0.167. The second-order valence-electron chi connectivity index (χ2n) is 10.8. The van der Waals surface area contributed by atoms with Crippen LogP contribution in [0.15, 0.2) is 90.0 Å². The minimum absolute atomic E-state index is 0.158. The van der Waals surface area contributed by atoms with E-state index in [9.17, 15) is 4.79 Å². The van der Waals surface area contributed by atoms with Crippen molar-refractivity contribution in [2.75, 3.05) is 47.7 Å². The average molecular weight is 680 g/mol. The fourth-order valence-corrected chi connectivity index (χ4v) is 6.40. The molecule has 0 unspecified atom stereocenters. The van der Waals surface area contributed by atoms with E-state index in [1.807, 2.05) is 89.6 Å². The van der Waals surface area contributed by atoms with Crippen LogP contribution in [0.4, 0.5) is 17.1 Å². The molecule has 0 amide bonds. The van der Waals surface area contributed by atoms with Crippen LogP contribution in [0.5, 0.6) is 11.5 Å². The molecule has 0 saturated carbocycles. The van der Waals surface area contributed by atoms with Crippen LogP contribution < -0.4 is 24.3 Å². The Balaban J connectivity index is 1.48. The molecule has 11 heteroatoms. The van der Waals surface area contributed by atoms with Crippen LogP contribution >= 0.6 is 34.8 Å². The van der Waals surface area contributed by atoms with Crippen molar-refractivity contribution in [1.82, 2.24) is 0 Å². The van der Waals surface area contributed by atoms with E-state index in [-0.39, 0.29) is 18.2 Å². The Morgan fingerprint density at radius 3 is 2.37 bits per heavy atom. The molecule has 1 saturated heterocycles. The zero-order valence-electron chi connectivity index (χ0n) is 25.5. The fourth-order valence-electron chi connectivity index (χ4n) is 5.64. The maximum Gasteiger partial charge on any atom is 0.198 e. The molecule has 46 heavy (non-hydrogen) atoms. The smallest absolute Gasteiger partial charge is 0.198 e. The van der Waals surface area contributed by atoms with Gasteiger partial charge >= 0.3 is 0 Å². The average Bonchev–Trinajstić information content (AvgIpc) is 3.47. The highest BCUT2D eigenvalue weighted by molar-refractivity contribution is 6.44. The van der Waals surface area contributed by atoms with E-state index in [1.54, 1.807) is 12.1 Å². The number of amidine groups is 1. The maximum atomic E-state index is 13.3. The summed E-state index contributed by atoms with van der Waals surface area (Å²) in [6, 6.07) is 26.6. The molecular formula is C35H33Cl3N4O4. The number of hydrogen-bond acceptors (Lipinski definition) is 8. The lowest BCUT2D eigenvalue weighted by molar-refractivity contribution is -0.111. The molecule has 0 aliphatic carbocycles. The number of Topliss-reactive ketones (excluding diaryl/α,β-unsaturated/α-hetero) is 1. The van der Waals surface area contributed by atoms with E-state index in [0.717, 1.165) is 35.6 Å². The molecule has 2 aliphatic heterocycles. The predicted molar refractivity (Wildman–Crippen MR) is 185 cm³/mol. The number of anilines is 3. The van der Waals surface area contributed by atoms with Crippen molar-refractivity contribution in [1.29, 1.82) is 0 Å². The van der Waals surface area contributed by atoms with Crippen molar-refractivity contribution >= 4 is 63.5 Å². The lowest BCUT2D eigenvalue weighted by Crippen LogP contribution is -2.38. The van der Waals surface area contributed by atoms with Crippen molar-refractivity contribution in [2.45, 2.75) is 26.6 Å². The maximum absolute atomic E-state index is 13.3. The molecule has 0 bridgehead atoms. The number of carbonyl (C=O) groups is 1. The van der Waals surface area contributed by atoms with Crippen LogP contribution in [0, 0.1) is 0 Å². The number of nitrogens with zero attached hydrogens (tertiary/aromatic N) is 4. The molecule has 8 nitrogen and oxygen atoms in total. The van der Waals surface area contributed by atoms with E-state index in [2.05, 4.69) is 4.90 Å². The summed E-state index contributed by atoms with van der Waals surface area (Å²) in [6.07, 6.45) is -0.636. The van der Waals surface area contributed by atoms with Gasteiger partial charge in [0.05, 0.1) is 36.2 Å². The predicted octanol–water partition coefficient (Wildman–Crippen LogP) is 8.39. The molecule has 6 rings (SSSR count). The van der Waals surface area contributed by atoms with Crippen LogP contribution in [0.1, 0.15) is 31.1 Å². The Morgan fingerprint density at radius 2 is 1.67 bits per heavy atom. The number of ether oxygens (including phenoxy) is 3. The molecule has 1 fully saturated rings. The second-order valence-corrected chi connectivity index (χ2v) is 12.0. The van der Waals surface area contributed by atoms with Gasteiger partial charge in [-0.2, -0.15) is 0 Å². The number of carbonyl (C=O) groups excluding carboxylic acids is 1. The minimum atomic E-state index is -0.636. The van der Waals surface area contributed by atoms with Gasteiger partial charge in [0.1, 0.15) is 6.61 Å². The molecule has 0 aromatic heterocycles. The van der Waals surface area contributed by atoms with Crippen LogP contribution in [0.3, 0.4) is 0 Å². The molecule has 1 atom stereocenters. The van der Waals surface area contributed by atoms with Gasteiger partial charge < -0.3 is 19.1 Å². The number of rotatable bonds is 10. The molecule has 2 aliphatic rings. The van der Waals surface area contributed by atoms with Gasteiger partial charge in [-0.05, 0) is 55.5 Å². The summed E-state index contributed by atoms with van der Waals surface area (Å²) in [5.41, 5.74) is 3.89. The first kappa shape index (κ1) is 32.0. The summed E-state index contributed by atoms with van der Waals surface area (Å²) >= 11 is 19.6. The summed E-state index contributed by atoms with van der Waals surface area (Å²) in [5, 5.41) is 8.32. The molecular weight excluding hydrogens is 647 g/mol. The Labute approximate surface area is 283 Å². The number of ketones is 1. The topological polar surface area (TPSA) is 66.8 Å². The Hall–Kier alpha value is -3.95. The second kappa shape index (κ2) is 14.2. The summed E-state index contributed by atoms with van der Waals surface area (Å²) in [7, 11) is 0. The normalized spacial score (nSPS) is 16.4. The molecule has 2 heterocycles. The van der Waals surface area contributed by atoms with Crippen LogP contribution in [-0.4, -0.2) is 44.5 Å². The van der Waals surface area contributed by atoms with Gasteiger partial charge in [0, 0.05) is 46.9 Å². The first-order chi connectivity index (χ1) is 22.4. The van der Waals surface area contributed by atoms with Gasteiger partial charge in [0.25, 0.3) is 0 Å². The van der Waals surface area contributed by atoms with Gasteiger partial charge in [0.15, 0.2) is 29.3 Å². The van der Waals surface area contributed by atoms with Crippen molar-refractivity contribution in [3.63, 3.8) is 0 Å². The summed E-state index contributed by atoms with van der Waals surface area (Å²) < 4.78 is 18.2. The minimum Gasteiger partial charge on any atom is -0.490 e. The molecule has 0 radical (unpaired) electrons. The van der Waals surface area contributed by atoms with Gasteiger partial charge in [-0.25, -0.2) is 5.01 Å². The van der Waals surface area contributed by atoms with Gasteiger partial charge in [-0.15, -0.1) is 5.10 Å². The third-order valence-electron chi connectivity index (χ3n) is 7.78. The Bertz CT molecular complexity index is 1750. The number of halogens is 3. The highest BCUT2D eigenvalue weighted by Crippen LogP contribution is 2.46. The third kappa shape index (κ3) is 6.62. The van der Waals surface area contributed by atoms with E-state index >= 15 is 0 Å². The van der Waals surface area contributed by atoms with Crippen LogP contribution in [0.2, 0.25) is 15.1 Å².